The number of carbonyl (C=O) groups excluding carboxylic acids is 1. The standard InChI is InChI=1S/C27H26FN5O3S/c1-31(14-19-6-4-3-5-7-19)24(17-34)33-15-21(13-29-26(33)36)12-22-16-32(2)27(30-25(22)35)37-18-20-8-10-23(28)11-9-20/h3-11,13,15-17,24H,12,14,18H2,1-2H3. The first-order valence-electron chi connectivity index (χ1n) is 11.5. The van der Waals surface area contributed by atoms with Gasteiger partial charge < -0.3 is 4.57 Å². The maximum absolute atomic E-state index is 13.1. The minimum absolute atomic E-state index is 0.198. The number of rotatable bonds is 10. The van der Waals surface area contributed by atoms with E-state index in [0.717, 1.165) is 11.1 Å². The van der Waals surface area contributed by atoms with Crippen molar-refractivity contribution in [3.05, 3.63) is 122 Å². The predicted molar refractivity (Wildman–Crippen MR) is 140 cm³/mol. The number of likely N-dealkylation sites (N-methyl/N-ethyl adjacent to an activating group) is 1. The van der Waals surface area contributed by atoms with Crippen molar-refractivity contribution < 1.29 is 9.18 Å². The van der Waals surface area contributed by atoms with Crippen LogP contribution in [0.5, 0.6) is 0 Å². The largest absolute Gasteiger partial charge is 0.349 e. The molecular weight excluding hydrogens is 493 g/mol. The number of hydrogen-bond donors (Lipinski definition) is 0. The molecule has 190 valence electrons. The topological polar surface area (TPSA) is 90.1 Å². The van der Waals surface area contributed by atoms with Crippen LogP contribution in [0.4, 0.5) is 4.39 Å². The Morgan fingerprint density at radius 1 is 1.03 bits per heavy atom. The van der Waals surface area contributed by atoms with Gasteiger partial charge in [-0.2, -0.15) is 4.98 Å². The van der Waals surface area contributed by atoms with Gasteiger partial charge in [0.15, 0.2) is 11.4 Å². The van der Waals surface area contributed by atoms with E-state index in [0.29, 0.717) is 34.9 Å². The van der Waals surface area contributed by atoms with E-state index in [2.05, 4.69) is 9.97 Å². The Morgan fingerprint density at radius 3 is 2.46 bits per heavy atom. The molecule has 0 saturated heterocycles. The average Bonchev–Trinajstić information content (AvgIpc) is 2.89. The van der Waals surface area contributed by atoms with E-state index in [9.17, 15) is 18.8 Å². The number of carbonyl (C=O) groups is 1. The number of nitrogens with zero attached hydrogens (tertiary/aromatic N) is 5. The molecule has 2 heterocycles. The van der Waals surface area contributed by atoms with Crippen molar-refractivity contribution in [1.82, 2.24) is 24.0 Å². The van der Waals surface area contributed by atoms with Gasteiger partial charge in [0.2, 0.25) is 0 Å². The Balaban J connectivity index is 1.51. The number of aldehydes is 1. The molecule has 1 unspecified atom stereocenters. The Morgan fingerprint density at radius 2 is 1.76 bits per heavy atom. The molecule has 1 atom stereocenters. The Labute approximate surface area is 217 Å². The van der Waals surface area contributed by atoms with Crippen LogP contribution in [-0.2, 0) is 30.6 Å². The fourth-order valence-corrected chi connectivity index (χ4v) is 4.78. The first-order chi connectivity index (χ1) is 17.8. The highest BCUT2D eigenvalue weighted by Gasteiger charge is 2.19. The maximum atomic E-state index is 13.1. The number of aryl methyl sites for hydroxylation is 1. The smallest absolute Gasteiger partial charge is 0.330 e. The van der Waals surface area contributed by atoms with Crippen LogP contribution >= 0.6 is 11.8 Å². The molecule has 0 spiro atoms. The summed E-state index contributed by atoms with van der Waals surface area (Å²) < 4.78 is 16.2. The van der Waals surface area contributed by atoms with Crippen LogP contribution in [0, 0.1) is 5.82 Å². The summed E-state index contributed by atoms with van der Waals surface area (Å²) in [6.45, 7) is 0.461. The zero-order valence-electron chi connectivity index (χ0n) is 20.5. The van der Waals surface area contributed by atoms with Crippen LogP contribution in [0.3, 0.4) is 0 Å². The zero-order chi connectivity index (χ0) is 26.4. The van der Waals surface area contributed by atoms with Crippen LogP contribution in [0.1, 0.15) is 28.4 Å². The first-order valence-corrected chi connectivity index (χ1v) is 12.5. The second kappa shape index (κ2) is 11.9. The fraction of sp³-hybridized carbons (Fsp3) is 0.222. The van der Waals surface area contributed by atoms with Gasteiger partial charge in [-0.1, -0.05) is 54.2 Å². The molecule has 0 aliphatic heterocycles. The number of halogens is 1. The minimum Gasteiger partial charge on any atom is -0.330 e. The molecule has 0 amide bonds. The van der Waals surface area contributed by atoms with Gasteiger partial charge in [-0.05, 0) is 35.9 Å². The summed E-state index contributed by atoms with van der Waals surface area (Å²) in [6, 6.07) is 15.8. The molecule has 2 aromatic heterocycles. The maximum Gasteiger partial charge on any atom is 0.349 e. The Hall–Kier alpha value is -3.89. The molecule has 0 radical (unpaired) electrons. The van der Waals surface area contributed by atoms with Crippen molar-refractivity contribution in [3.63, 3.8) is 0 Å². The van der Waals surface area contributed by atoms with Gasteiger partial charge in [-0.15, -0.1) is 0 Å². The van der Waals surface area contributed by atoms with E-state index in [-0.39, 0.29) is 17.8 Å². The van der Waals surface area contributed by atoms with Gasteiger partial charge in [0.25, 0.3) is 5.56 Å². The molecule has 2 aromatic carbocycles. The van der Waals surface area contributed by atoms with Crippen LogP contribution in [0.25, 0.3) is 0 Å². The summed E-state index contributed by atoms with van der Waals surface area (Å²) >= 11 is 1.38. The third-order valence-corrected chi connectivity index (χ3v) is 6.91. The van der Waals surface area contributed by atoms with Crippen molar-refractivity contribution in [2.75, 3.05) is 7.05 Å². The molecule has 4 rings (SSSR count). The Bertz CT molecular complexity index is 1490. The van der Waals surface area contributed by atoms with Crippen LogP contribution < -0.4 is 11.2 Å². The summed E-state index contributed by atoms with van der Waals surface area (Å²) in [5.74, 6) is 0.241. The molecule has 0 N–H and O–H groups in total. The van der Waals surface area contributed by atoms with Crippen molar-refractivity contribution in [2.45, 2.75) is 30.0 Å². The molecule has 0 aliphatic rings. The lowest BCUT2D eigenvalue weighted by Crippen LogP contribution is -2.37. The highest BCUT2D eigenvalue weighted by atomic mass is 32.2. The quantitative estimate of drug-likeness (QED) is 0.181. The van der Waals surface area contributed by atoms with Gasteiger partial charge in [0, 0.05) is 49.9 Å². The SMILES string of the molecule is CN(Cc1ccccc1)C(C=O)n1cc(Cc2cn(C)c(SCc3ccc(F)cc3)nc2=O)cnc1=O. The van der Waals surface area contributed by atoms with Crippen LogP contribution in [0.15, 0.2) is 87.9 Å². The molecule has 8 nitrogen and oxygen atoms in total. The zero-order valence-corrected chi connectivity index (χ0v) is 21.3. The highest BCUT2D eigenvalue weighted by Crippen LogP contribution is 2.20. The van der Waals surface area contributed by atoms with Gasteiger partial charge in [-0.25, -0.2) is 14.2 Å². The summed E-state index contributed by atoms with van der Waals surface area (Å²) in [7, 11) is 3.55. The van der Waals surface area contributed by atoms with E-state index in [1.165, 1.54) is 34.7 Å². The molecule has 0 aliphatic carbocycles. The second-order valence-corrected chi connectivity index (χ2v) is 9.60. The van der Waals surface area contributed by atoms with Gasteiger partial charge in [-0.3, -0.25) is 19.1 Å². The van der Waals surface area contributed by atoms with E-state index in [4.69, 9.17) is 0 Å². The van der Waals surface area contributed by atoms with E-state index >= 15 is 0 Å². The minimum atomic E-state index is -0.855. The fourth-order valence-electron chi connectivity index (χ4n) is 3.89. The molecule has 0 bridgehead atoms. The first kappa shape index (κ1) is 26.2. The predicted octanol–water partition coefficient (Wildman–Crippen LogP) is 3.19. The molecule has 37 heavy (non-hydrogen) atoms. The number of aromatic nitrogens is 4. The van der Waals surface area contributed by atoms with E-state index < -0.39 is 11.9 Å². The average molecular weight is 520 g/mol. The summed E-state index contributed by atoms with van der Waals surface area (Å²) in [4.78, 5) is 47.1. The van der Waals surface area contributed by atoms with Gasteiger partial charge in [0.05, 0.1) is 0 Å². The van der Waals surface area contributed by atoms with Crippen molar-refractivity contribution in [3.8, 4) is 0 Å². The summed E-state index contributed by atoms with van der Waals surface area (Å²) in [5.41, 5.74) is 2.01. The molecular formula is C27H26FN5O3S. The summed E-state index contributed by atoms with van der Waals surface area (Å²) in [5, 5.41) is 0.532. The second-order valence-electron chi connectivity index (χ2n) is 8.66. The molecule has 0 saturated carbocycles. The number of thioether (sulfide) groups is 1. The normalized spacial score (nSPS) is 12.0. The molecule has 0 fully saturated rings. The third-order valence-electron chi connectivity index (χ3n) is 5.80. The number of benzene rings is 2. The number of hydrogen-bond acceptors (Lipinski definition) is 7. The molecule has 4 aromatic rings. The molecule has 10 heteroatoms. The Kier molecular flexibility index (Phi) is 8.42. The monoisotopic (exact) mass is 519 g/mol. The third kappa shape index (κ3) is 6.66. The lowest BCUT2D eigenvalue weighted by molar-refractivity contribution is -0.115. The van der Waals surface area contributed by atoms with E-state index in [1.807, 2.05) is 30.3 Å². The van der Waals surface area contributed by atoms with Crippen LogP contribution in [-0.4, -0.2) is 37.3 Å². The van der Waals surface area contributed by atoms with E-state index in [1.54, 1.807) is 48.1 Å². The summed E-state index contributed by atoms with van der Waals surface area (Å²) in [6.07, 6.45) is 4.72. The van der Waals surface area contributed by atoms with Gasteiger partial charge in [0.1, 0.15) is 12.0 Å². The van der Waals surface area contributed by atoms with Crippen molar-refractivity contribution >= 4 is 18.0 Å². The van der Waals surface area contributed by atoms with Gasteiger partial charge >= 0.3 is 5.69 Å². The lowest BCUT2D eigenvalue weighted by atomic mass is 10.1. The highest BCUT2D eigenvalue weighted by molar-refractivity contribution is 7.98. The van der Waals surface area contributed by atoms with Crippen molar-refractivity contribution in [2.24, 2.45) is 7.05 Å². The van der Waals surface area contributed by atoms with Crippen LogP contribution in [0.2, 0.25) is 0 Å². The van der Waals surface area contributed by atoms with Crippen molar-refractivity contribution in [1.29, 1.82) is 0 Å². The lowest BCUT2D eigenvalue weighted by Gasteiger charge is -2.25.